The van der Waals surface area contributed by atoms with Crippen molar-refractivity contribution >= 4 is 34.8 Å². The first-order valence-electron chi connectivity index (χ1n) is 8.86. The van der Waals surface area contributed by atoms with E-state index in [1.165, 1.54) is 16.7 Å². The van der Waals surface area contributed by atoms with Crippen LogP contribution in [0.15, 0.2) is 41.3 Å². The summed E-state index contributed by atoms with van der Waals surface area (Å²) in [5, 5.41) is 9.23. The van der Waals surface area contributed by atoms with Gasteiger partial charge in [0, 0.05) is 5.75 Å². The van der Waals surface area contributed by atoms with E-state index in [0.29, 0.717) is 21.9 Å². The molecule has 1 heterocycles. The second-order valence-electron chi connectivity index (χ2n) is 6.81. The molecular formula is C22H23NO3S. The van der Waals surface area contributed by atoms with E-state index in [1.54, 1.807) is 0 Å². The Morgan fingerprint density at radius 1 is 0.889 bits per heavy atom. The maximum Gasteiger partial charge on any atom is 0.272 e. The summed E-state index contributed by atoms with van der Waals surface area (Å²) >= 11 is 1.23. The van der Waals surface area contributed by atoms with Gasteiger partial charge in [0.05, 0.1) is 22.8 Å². The highest BCUT2D eigenvalue weighted by molar-refractivity contribution is 8.04. The molecule has 27 heavy (non-hydrogen) atoms. The van der Waals surface area contributed by atoms with Gasteiger partial charge in [-0.3, -0.25) is 9.59 Å². The van der Waals surface area contributed by atoms with Gasteiger partial charge in [0.2, 0.25) is 0 Å². The SMILES string of the molecule is Cc1ccc(C)c(N2C(=O)C(SCCO)=C(c3ccc(C)c(C)c3)C2=O)c1. The van der Waals surface area contributed by atoms with Gasteiger partial charge in [0.1, 0.15) is 0 Å². The Labute approximate surface area is 163 Å². The first-order valence-corrected chi connectivity index (χ1v) is 9.85. The van der Waals surface area contributed by atoms with Gasteiger partial charge in [-0.2, -0.15) is 0 Å². The highest BCUT2D eigenvalue weighted by Gasteiger charge is 2.40. The Bertz CT molecular complexity index is 962. The van der Waals surface area contributed by atoms with Crippen LogP contribution in [0.4, 0.5) is 5.69 Å². The first kappa shape index (κ1) is 19.4. The minimum atomic E-state index is -0.319. The zero-order chi connectivity index (χ0) is 19.7. The fraction of sp³-hybridized carbons (Fsp3) is 0.273. The molecule has 2 aromatic rings. The van der Waals surface area contributed by atoms with Crippen molar-refractivity contribution in [3.63, 3.8) is 0 Å². The molecule has 1 aliphatic rings. The van der Waals surface area contributed by atoms with E-state index in [1.807, 2.05) is 64.1 Å². The smallest absolute Gasteiger partial charge is 0.272 e. The summed E-state index contributed by atoms with van der Waals surface area (Å²) in [4.78, 5) is 28.2. The molecule has 140 valence electrons. The second kappa shape index (κ2) is 7.71. The molecule has 0 saturated carbocycles. The molecule has 3 rings (SSSR count). The third kappa shape index (κ3) is 3.57. The third-order valence-corrected chi connectivity index (χ3v) is 5.83. The zero-order valence-corrected chi connectivity index (χ0v) is 16.8. The monoisotopic (exact) mass is 381 g/mol. The summed E-state index contributed by atoms with van der Waals surface area (Å²) in [5.41, 5.74) is 5.83. The van der Waals surface area contributed by atoms with E-state index >= 15 is 0 Å². The standard InChI is InChI=1S/C22H23NO3S/c1-13-5-6-15(3)18(11-13)23-21(25)19(20(22(23)26)27-10-9-24)17-8-7-14(2)16(4)12-17/h5-8,11-12,24H,9-10H2,1-4H3. The number of carbonyl (C=O) groups excluding carboxylic acids is 2. The summed E-state index contributed by atoms with van der Waals surface area (Å²) in [5.74, 6) is -0.263. The molecule has 2 aromatic carbocycles. The molecule has 0 aromatic heterocycles. The Morgan fingerprint density at radius 3 is 2.26 bits per heavy atom. The lowest BCUT2D eigenvalue weighted by atomic mass is 10.0. The molecule has 0 bridgehead atoms. The van der Waals surface area contributed by atoms with Crippen LogP contribution in [0.2, 0.25) is 0 Å². The molecule has 4 nitrogen and oxygen atoms in total. The molecule has 2 amide bonds. The maximum absolute atomic E-state index is 13.3. The molecular weight excluding hydrogens is 358 g/mol. The van der Waals surface area contributed by atoms with E-state index in [2.05, 4.69) is 0 Å². The van der Waals surface area contributed by atoms with Crippen LogP contribution >= 0.6 is 11.8 Å². The Balaban J connectivity index is 2.14. The molecule has 1 aliphatic heterocycles. The van der Waals surface area contributed by atoms with Crippen molar-refractivity contribution in [1.82, 2.24) is 0 Å². The van der Waals surface area contributed by atoms with Crippen molar-refractivity contribution < 1.29 is 14.7 Å². The molecule has 1 N–H and O–H groups in total. The number of imide groups is 1. The summed E-state index contributed by atoms with van der Waals surface area (Å²) in [6, 6.07) is 11.5. The zero-order valence-electron chi connectivity index (χ0n) is 16.0. The topological polar surface area (TPSA) is 57.6 Å². The molecule has 0 aliphatic carbocycles. The van der Waals surface area contributed by atoms with E-state index in [-0.39, 0.29) is 18.4 Å². The largest absolute Gasteiger partial charge is 0.396 e. The van der Waals surface area contributed by atoms with Gasteiger partial charge in [0.25, 0.3) is 11.8 Å². The van der Waals surface area contributed by atoms with E-state index in [4.69, 9.17) is 0 Å². The molecule has 0 spiro atoms. The fourth-order valence-electron chi connectivity index (χ4n) is 3.12. The summed E-state index contributed by atoms with van der Waals surface area (Å²) < 4.78 is 0. The van der Waals surface area contributed by atoms with Crippen LogP contribution in [-0.4, -0.2) is 29.3 Å². The number of rotatable bonds is 5. The predicted molar refractivity (Wildman–Crippen MR) is 111 cm³/mol. The summed E-state index contributed by atoms with van der Waals surface area (Å²) in [7, 11) is 0. The predicted octanol–water partition coefficient (Wildman–Crippen LogP) is 3.93. The molecule has 0 unspecified atom stereocenters. The van der Waals surface area contributed by atoms with Gasteiger partial charge < -0.3 is 5.11 Å². The number of aliphatic hydroxyl groups excluding tert-OH is 1. The third-order valence-electron chi connectivity index (χ3n) is 4.78. The van der Waals surface area contributed by atoms with E-state index < -0.39 is 0 Å². The number of benzene rings is 2. The van der Waals surface area contributed by atoms with Crippen molar-refractivity contribution in [3.05, 3.63) is 69.1 Å². The molecule has 5 heteroatoms. The minimum Gasteiger partial charge on any atom is -0.396 e. The van der Waals surface area contributed by atoms with Crippen LogP contribution in [0.5, 0.6) is 0 Å². The van der Waals surface area contributed by atoms with E-state index in [9.17, 15) is 14.7 Å². The first-order chi connectivity index (χ1) is 12.8. The van der Waals surface area contributed by atoms with Gasteiger partial charge in [-0.25, -0.2) is 4.90 Å². The number of anilines is 1. The highest BCUT2D eigenvalue weighted by Crippen LogP contribution is 2.39. The lowest BCUT2D eigenvalue weighted by molar-refractivity contribution is -0.119. The molecule has 0 radical (unpaired) electrons. The number of nitrogens with zero attached hydrogens (tertiary/aromatic N) is 1. The molecule has 0 saturated heterocycles. The number of hydrogen-bond donors (Lipinski definition) is 1. The lowest BCUT2D eigenvalue weighted by Gasteiger charge is -2.18. The molecule has 0 fully saturated rings. The average Bonchev–Trinajstić information content (AvgIpc) is 2.88. The van der Waals surface area contributed by atoms with E-state index in [0.717, 1.165) is 27.8 Å². The van der Waals surface area contributed by atoms with Crippen LogP contribution in [0.3, 0.4) is 0 Å². The Kier molecular flexibility index (Phi) is 5.53. The number of thioether (sulfide) groups is 1. The van der Waals surface area contributed by atoms with Crippen molar-refractivity contribution in [2.45, 2.75) is 27.7 Å². The Hall–Kier alpha value is -2.37. The van der Waals surface area contributed by atoms with Crippen molar-refractivity contribution in [3.8, 4) is 0 Å². The quantitative estimate of drug-likeness (QED) is 0.798. The number of hydrogen-bond acceptors (Lipinski definition) is 4. The minimum absolute atomic E-state index is 0.0562. The van der Waals surface area contributed by atoms with Crippen LogP contribution in [0, 0.1) is 27.7 Å². The van der Waals surface area contributed by atoms with Gasteiger partial charge >= 0.3 is 0 Å². The number of aliphatic hydroxyl groups is 1. The number of aryl methyl sites for hydroxylation is 4. The van der Waals surface area contributed by atoms with Crippen molar-refractivity contribution in [2.24, 2.45) is 0 Å². The maximum atomic E-state index is 13.3. The van der Waals surface area contributed by atoms with Gasteiger partial charge in [-0.05, 0) is 61.6 Å². The highest BCUT2D eigenvalue weighted by atomic mass is 32.2. The number of carbonyl (C=O) groups is 2. The van der Waals surface area contributed by atoms with Gasteiger partial charge in [0.15, 0.2) is 0 Å². The molecule has 0 atom stereocenters. The summed E-state index contributed by atoms with van der Waals surface area (Å²) in [6.07, 6.45) is 0. The number of amides is 2. The average molecular weight is 381 g/mol. The van der Waals surface area contributed by atoms with Crippen molar-refractivity contribution in [1.29, 1.82) is 0 Å². The van der Waals surface area contributed by atoms with Gasteiger partial charge in [-0.1, -0.05) is 30.3 Å². The van der Waals surface area contributed by atoms with Crippen molar-refractivity contribution in [2.75, 3.05) is 17.3 Å². The van der Waals surface area contributed by atoms with Gasteiger partial charge in [-0.15, -0.1) is 11.8 Å². The lowest BCUT2D eigenvalue weighted by Crippen LogP contribution is -2.32. The van der Waals surface area contributed by atoms with Crippen LogP contribution in [0.25, 0.3) is 5.57 Å². The summed E-state index contributed by atoms with van der Waals surface area (Å²) in [6.45, 7) is 7.78. The van der Waals surface area contributed by atoms with Crippen LogP contribution in [0.1, 0.15) is 27.8 Å². The van der Waals surface area contributed by atoms with Crippen LogP contribution in [-0.2, 0) is 9.59 Å². The van der Waals surface area contributed by atoms with Crippen LogP contribution < -0.4 is 4.90 Å². The fourth-order valence-corrected chi connectivity index (χ4v) is 3.98. The normalized spacial score (nSPS) is 14.5. The Morgan fingerprint density at radius 2 is 1.59 bits per heavy atom. The second-order valence-corrected chi connectivity index (χ2v) is 7.92.